The van der Waals surface area contributed by atoms with Crippen LogP contribution in [0.5, 0.6) is 5.75 Å². The van der Waals surface area contributed by atoms with Gasteiger partial charge < -0.3 is 14.4 Å². The van der Waals surface area contributed by atoms with Gasteiger partial charge in [0.25, 0.3) is 17.1 Å². The molecule has 0 spiro atoms. The average Bonchev–Trinajstić information content (AvgIpc) is 3.07. The van der Waals surface area contributed by atoms with E-state index < -0.39 is 0 Å². The summed E-state index contributed by atoms with van der Waals surface area (Å²) < 4.78 is 10.8. The molecule has 2 fully saturated rings. The van der Waals surface area contributed by atoms with Crippen LogP contribution in [0.25, 0.3) is 6.08 Å². The van der Waals surface area contributed by atoms with Crippen LogP contribution < -0.4 is 9.64 Å². The highest BCUT2D eigenvalue weighted by Gasteiger charge is 2.36. The lowest BCUT2D eigenvalue weighted by molar-refractivity contribution is -0.137. The molecule has 0 saturated carbocycles. The zero-order chi connectivity index (χ0) is 20.9. The SMILES string of the molecule is O=C(COc1ccc(/C=C2\SC(=O)N(c3ccccc3)C2=O)cc1)N1CCOCC1. The molecular formula is C22H20N2O5S. The van der Waals surface area contributed by atoms with Gasteiger partial charge in [0.15, 0.2) is 6.61 Å². The van der Waals surface area contributed by atoms with E-state index in [1.807, 2.05) is 6.07 Å². The summed E-state index contributed by atoms with van der Waals surface area (Å²) in [6, 6.07) is 15.9. The maximum atomic E-state index is 12.7. The van der Waals surface area contributed by atoms with Gasteiger partial charge in [0.05, 0.1) is 23.8 Å². The summed E-state index contributed by atoms with van der Waals surface area (Å²) in [6.07, 6.45) is 1.68. The van der Waals surface area contributed by atoms with Crippen molar-refractivity contribution in [2.75, 3.05) is 37.8 Å². The summed E-state index contributed by atoms with van der Waals surface area (Å²) in [5, 5.41) is -0.320. The Bertz CT molecular complexity index is 969. The maximum Gasteiger partial charge on any atom is 0.298 e. The van der Waals surface area contributed by atoms with Crippen LogP contribution in [0.4, 0.5) is 10.5 Å². The number of nitrogens with zero attached hydrogens (tertiary/aromatic N) is 2. The number of morpholine rings is 1. The van der Waals surface area contributed by atoms with Gasteiger partial charge in [-0.3, -0.25) is 14.4 Å². The second kappa shape index (κ2) is 9.15. The van der Waals surface area contributed by atoms with Crippen molar-refractivity contribution in [1.82, 2.24) is 4.90 Å². The molecule has 0 aromatic heterocycles. The van der Waals surface area contributed by atoms with E-state index in [0.29, 0.717) is 42.6 Å². The zero-order valence-corrected chi connectivity index (χ0v) is 17.0. The first-order valence-electron chi connectivity index (χ1n) is 9.53. The summed E-state index contributed by atoms with van der Waals surface area (Å²) in [4.78, 5) is 40.3. The predicted molar refractivity (Wildman–Crippen MR) is 114 cm³/mol. The monoisotopic (exact) mass is 424 g/mol. The molecule has 0 radical (unpaired) electrons. The van der Waals surface area contributed by atoms with E-state index in [1.165, 1.54) is 4.90 Å². The standard InChI is InChI=1S/C22H20N2O5S/c25-20(23-10-12-28-13-11-23)15-29-18-8-6-16(7-9-18)14-19-21(26)24(22(27)30-19)17-4-2-1-3-5-17/h1-9,14H,10-13,15H2/b19-14-. The van der Waals surface area contributed by atoms with Gasteiger partial charge in [-0.05, 0) is 47.7 Å². The largest absolute Gasteiger partial charge is 0.484 e. The Labute approximate surface area is 178 Å². The average molecular weight is 424 g/mol. The maximum absolute atomic E-state index is 12.7. The molecule has 2 aromatic carbocycles. The van der Waals surface area contributed by atoms with Crippen molar-refractivity contribution in [3.8, 4) is 5.75 Å². The second-order valence-corrected chi connectivity index (χ2v) is 7.70. The van der Waals surface area contributed by atoms with Gasteiger partial charge >= 0.3 is 0 Å². The van der Waals surface area contributed by atoms with Crippen LogP contribution in [0.1, 0.15) is 5.56 Å². The van der Waals surface area contributed by atoms with Crippen LogP contribution >= 0.6 is 11.8 Å². The van der Waals surface area contributed by atoms with Gasteiger partial charge in [0.2, 0.25) is 0 Å². The van der Waals surface area contributed by atoms with Gasteiger partial charge in [-0.15, -0.1) is 0 Å². The number of carbonyl (C=O) groups is 3. The number of hydrogen-bond acceptors (Lipinski definition) is 6. The molecule has 0 N–H and O–H groups in total. The first-order chi connectivity index (χ1) is 14.6. The number of rotatable bonds is 5. The van der Waals surface area contributed by atoms with Crippen LogP contribution in [-0.2, 0) is 14.3 Å². The number of thioether (sulfide) groups is 1. The van der Waals surface area contributed by atoms with Gasteiger partial charge in [0.1, 0.15) is 5.75 Å². The molecule has 2 aromatic rings. The fourth-order valence-electron chi connectivity index (χ4n) is 3.13. The first-order valence-corrected chi connectivity index (χ1v) is 10.3. The topological polar surface area (TPSA) is 76.2 Å². The van der Waals surface area contributed by atoms with Crippen molar-refractivity contribution < 1.29 is 23.9 Å². The fourth-order valence-corrected chi connectivity index (χ4v) is 3.97. The summed E-state index contributed by atoms with van der Waals surface area (Å²) in [6.45, 7) is 2.24. The first kappa shape index (κ1) is 20.2. The third kappa shape index (κ3) is 4.55. The van der Waals surface area contributed by atoms with Gasteiger partial charge in [-0.1, -0.05) is 30.3 Å². The van der Waals surface area contributed by atoms with Crippen molar-refractivity contribution in [3.63, 3.8) is 0 Å². The van der Waals surface area contributed by atoms with Crippen molar-refractivity contribution in [2.45, 2.75) is 0 Å². The molecule has 0 atom stereocenters. The summed E-state index contributed by atoms with van der Waals surface area (Å²) in [7, 11) is 0. The zero-order valence-electron chi connectivity index (χ0n) is 16.2. The van der Waals surface area contributed by atoms with Crippen molar-refractivity contribution in [2.24, 2.45) is 0 Å². The van der Waals surface area contributed by atoms with Crippen LogP contribution in [0.15, 0.2) is 59.5 Å². The number of benzene rings is 2. The van der Waals surface area contributed by atoms with Crippen molar-refractivity contribution in [3.05, 3.63) is 65.1 Å². The van der Waals surface area contributed by atoms with Gasteiger partial charge in [0, 0.05) is 13.1 Å². The molecule has 0 aliphatic carbocycles. The van der Waals surface area contributed by atoms with E-state index in [0.717, 1.165) is 17.3 Å². The van der Waals surface area contributed by atoms with E-state index in [9.17, 15) is 14.4 Å². The third-order valence-corrected chi connectivity index (χ3v) is 5.58. The molecule has 2 heterocycles. The highest BCUT2D eigenvalue weighted by molar-refractivity contribution is 8.19. The number of amides is 3. The molecule has 30 heavy (non-hydrogen) atoms. The van der Waals surface area contributed by atoms with Gasteiger partial charge in [-0.25, -0.2) is 4.90 Å². The van der Waals surface area contributed by atoms with Crippen molar-refractivity contribution >= 4 is 40.6 Å². The van der Waals surface area contributed by atoms with E-state index in [-0.39, 0.29) is 23.7 Å². The third-order valence-electron chi connectivity index (χ3n) is 4.71. The lowest BCUT2D eigenvalue weighted by Crippen LogP contribution is -2.42. The molecule has 3 amide bonds. The summed E-state index contributed by atoms with van der Waals surface area (Å²) >= 11 is 0.913. The summed E-state index contributed by atoms with van der Waals surface area (Å²) in [5.41, 5.74) is 1.32. The molecular weight excluding hydrogens is 404 g/mol. The molecule has 4 rings (SSSR count). The Morgan fingerprint density at radius 3 is 2.43 bits per heavy atom. The molecule has 8 heteroatoms. The normalized spacial score (nSPS) is 18.2. The Kier molecular flexibility index (Phi) is 6.15. The molecule has 2 saturated heterocycles. The molecule has 0 unspecified atom stereocenters. The minimum atomic E-state index is -0.340. The number of imide groups is 1. The lowest BCUT2D eigenvalue weighted by atomic mass is 10.2. The number of anilines is 1. The Balaban J connectivity index is 1.38. The van der Waals surface area contributed by atoms with E-state index >= 15 is 0 Å². The number of carbonyl (C=O) groups excluding carboxylic acids is 3. The Hall–Kier alpha value is -3.10. The molecule has 2 aliphatic heterocycles. The summed E-state index contributed by atoms with van der Waals surface area (Å²) in [5.74, 6) is 0.149. The predicted octanol–water partition coefficient (Wildman–Crippen LogP) is 3.17. The minimum absolute atomic E-state index is 0.0324. The Morgan fingerprint density at radius 1 is 1.03 bits per heavy atom. The highest BCUT2D eigenvalue weighted by atomic mass is 32.2. The minimum Gasteiger partial charge on any atom is -0.484 e. The van der Waals surface area contributed by atoms with Crippen molar-refractivity contribution in [1.29, 1.82) is 0 Å². The number of hydrogen-bond donors (Lipinski definition) is 0. The number of para-hydroxylation sites is 1. The lowest BCUT2D eigenvalue weighted by Gasteiger charge is -2.26. The molecule has 7 nitrogen and oxygen atoms in total. The quantitative estimate of drug-likeness (QED) is 0.687. The van der Waals surface area contributed by atoms with Crippen LogP contribution in [0.3, 0.4) is 0 Å². The van der Waals surface area contributed by atoms with E-state index in [1.54, 1.807) is 59.5 Å². The number of ether oxygens (including phenoxy) is 2. The van der Waals surface area contributed by atoms with Crippen LogP contribution in [0.2, 0.25) is 0 Å². The van der Waals surface area contributed by atoms with Crippen LogP contribution in [0, 0.1) is 0 Å². The van der Waals surface area contributed by atoms with Gasteiger partial charge in [-0.2, -0.15) is 0 Å². The molecule has 154 valence electrons. The Morgan fingerprint density at radius 2 is 1.73 bits per heavy atom. The smallest absolute Gasteiger partial charge is 0.298 e. The molecule has 2 aliphatic rings. The highest BCUT2D eigenvalue weighted by Crippen LogP contribution is 2.35. The molecule has 0 bridgehead atoms. The second-order valence-electron chi connectivity index (χ2n) is 6.70. The van der Waals surface area contributed by atoms with E-state index in [2.05, 4.69) is 0 Å². The van der Waals surface area contributed by atoms with Crippen LogP contribution in [-0.4, -0.2) is 54.9 Å². The van der Waals surface area contributed by atoms with E-state index in [4.69, 9.17) is 9.47 Å². The fraction of sp³-hybridized carbons (Fsp3) is 0.227.